The first-order valence-corrected chi connectivity index (χ1v) is 14.6. The molecule has 0 unspecified atom stereocenters. The normalized spacial score (nSPS) is 12.5. The van der Waals surface area contributed by atoms with Gasteiger partial charge < -0.3 is 10.2 Å². The molecule has 0 fully saturated rings. The molecule has 10 heteroatoms. The lowest BCUT2D eigenvalue weighted by Crippen LogP contribution is -2.54. The molecule has 3 aromatic carbocycles. The number of sulfonamides is 1. The van der Waals surface area contributed by atoms with Gasteiger partial charge in [0.1, 0.15) is 12.6 Å². The second kappa shape index (κ2) is 12.4. The molecular formula is C29H33Cl2N3O4S. The number of halogens is 2. The number of nitrogens with zero attached hydrogens (tertiary/aromatic N) is 2. The van der Waals surface area contributed by atoms with Gasteiger partial charge in [-0.25, -0.2) is 8.42 Å². The lowest BCUT2D eigenvalue weighted by Gasteiger charge is -2.33. The summed E-state index contributed by atoms with van der Waals surface area (Å²) in [6, 6.07) is 18.6. The summed E-state index contributed by atoms with van der Waals surface area (Å²) in [7, 11) is -4.16. The molecule has 0 aromatic heterocycles. The van der Waals surface area contributed by atoms with Crippen LogP contribution in [0.25, 0.3) is 0 Å². The van der Waals surface area contributed by atoms with E-state index in [2.05, 4.69) is 5.32 Å². The first-order chi connectivity index (χ1) is 18.2. The highest BCUT2D eigenvalue weighted by Gasteiger charge is 2.33. The highest BCUT2D eigenvalue weighted by atomic mass is 35.5. The summed E-state index contributed by atoms with van der Waals surface area (Å²) in [4.78, 5) is 28.4. The van der Waals surface area contributed by atoms with Crippen molar-refractivity contribution in [3.8, 4) is 0 Å². The van der Waals surface area contributed by atoms with Crippen LogP contribution in [0.1, 0.15) is 38.8 Å². The van der Waals surface area contributed by atoms with E-state index in [1.807, 2.05) is 27.7 Å². The number of carbonyl (C=O) groups excluding carboxylic acids is 2. The van der Waals surface area contributed by atoms with E-state index in [1.54, 1.807) is 55.5 Å². The van der Waals surface area contributed by atoms with Crippen molar-refractivity contribution >= 4 is 50.7 Å². The SMILES string of the molecule is Cc1ccc(N(CC(=O)N(Cc2ccc(Cl)cc2)[C@@H](C)C(=O)NC(C)(C)C)S(=O)(=O)c2ccc(Cl)cc2)cc1. The van der Waals surface area contributed by atoms with Gasteiger partial charge in [-0.15, -0.1) is 0 Å². The minimum absolute atomic E-state index is 0.0111. The molecule has 7 nitrogen and oxygen atoms in total. The van der Waals surface area contributed by atoms with E-state index < -0.39 is 34.1 Å². The van der Waals surface area contributed by atoms with Gasteiger partial charge in [0.05, 0.1) is 10.6 Å². The number of carbonyl (C=O) groups is 2. The Balaban J connectivity index is 2.02. The van der Waals surface area contributed by atoms with Crippen molar-refractivity contribution in [3.05, 3.63) is 94.0 Å². The molecule has 0 aliphatic carbocycles. The summed E-state index contributed by atoms with van der Waals surface area (Å²) in [5.41, 5.74) is 1.48. The predicted octanol–water partition coefficient (Wildman–Crippen LogP) is 5.83. The minimum atomic E-state index is -4.16. The van der Waals surface area contributed by atoms with Crippen molar-refractivity contribution in [1.29, 1.82) is 0 Å². The minimum Gasteiger partial charge on any atom is -0.350 e. The first-order valence-electron chi connectivity index (χ1n) is 12.4. The van der Waals surface area contributed by atoms with Crippen LogP contribution in [-0.4, -0.2) is 43.3 Å². The van der Waals surface area contributed by atoms with Gasteiger partial charge in [-0.2, -0.15) is 0 Å². The van der Waals surface area contributed by atoms with Crippen LogP contribution in [0.5, 0.6) is 0 Å². The van der Waals surface area contributed by atoms with Crippen molar-refractivity contribution in [3.63, 3.8) is 0 Å². The molecular weight excluding hydrogens is 557 g/mol. The fourth-order valence-corrected chi connectivity index (χ4v) is 5.48. The Kier molecular flexibility index (Phi) is 9.69. The topological polar surface area (TPSA) is 86.8 Å². The summed E-state index contributed by atoms with van der Waals surface area (Å²) >= 11 is 12.0. The molecule has 1 N–H and O–H groups in total. The van der Waals surface area contributed by atoms with E-state index in [0.29, 0.717) is 15.7 Å². The van der Waals surface area contributed by atoms with Crippen molar-refractivity contribution in [1.82, 2.24) is 10.2 Å². The Morgan fingerprint density at radius 3 is 1.90 bits per heavy atom. The summed E-state index contributed by atoms with van der Waals surface area (Å²) in [6.07, 6.45) is 0. The molecule has 0 radical (unpaired) electrons. The lowest BCUT2D eigenvalue weighted by molar-refractivity contribution is -0.140. The van der Waals surface area contributed by atoms with Gasteiger partial charge in [0.25, 0.3) is 10.0 Å². The predicted molar refractivity (Wildman–Crippen MR) is 157 cm³/mol. The van der Waals surface area contributed by atoms with Crippen molar-refractivity contribution < 1.29 is 18.0 Å². The number of amides is 2. The average molecular weight is 591 g/mol. The van der Waals surface area contributed by atoms with Gasteiger partial charge in [0, 0.05) is 22.1 Å². The second-order valence-corrected chi connectivity index (χ2v) is 13.1. The maximum Gasteiger partial charge on any atom is 0.264 e. The maximum absolute atomic E-state index is 13.9. The zero-order chi connectivity index (χ0) is 29.0. The van der Waals surface area contributed by atoms with E-state index in [0.717, 1.165) is 15.4 Å². The lowest BCUT2D eigenvalue weighted by atomic mass is 10.1. The third kappa shape index (κ3) is 8.21. The van der Waals surface area contributed by atoms with Crippen LogP contribution in [-0.2, 0) is 26.2 Å². The quantitative estimate of drug-likeness (QED) is 0.340. The number of aryl methyl sites for hydroxylation is 1. The Bertz CT molecular complexity index is 1400. The van der Waals surface area contributed by atoms with Gasteiger partial charge >= 0.3 is 0 Å². The molecule has 0 saturated heterocycles. The summed E-state index contributed by atoms with van der Waals surface area (Å²) in [5.74, 6) is -0.896. The van der Waals surface area contributed by atoms with Gasteiger partial charge in [-0.1, -0.05) is 53.0 Å². The van der Waals surface area contributed by atoms with Crippen LogP contribution < -0.4 is 9.62 Å². The number of rotatable bonds is 9. The number of anilines is 1. The van der Waals surface area contributed by atoms with E-state index in [1.165, 1.54) is 29.2 Å². The van der Waals surface area contributed by atoms with E-state index >= 15 is 0 Å². The van der Waals surface area contributed by atoms with Crippen LogP contribution in [0.4, 0.5) is 5.69 Å². The smallest absolute Gasteiger partial charge is 0.264 e. The number of hydrogen-bond donors (Lipinski definition) is 1. The number of benzene rings is 3. The van der Waals surface area contributed by atoms with Crippen LogP contribution in [0.2, 0.25) is 10.0 Å². The fraction of sp³-hybridized carbons (Fsp3) is 0.310. The summed E-state index contributed by atoms with van der Waals surface area (Å²) in [5, 5.41) is 3.83. The van der Waals surface area contributed by atoms with Crippen LogP contribution >= 0.6 is 23.2 Å². The monoisotopic (exact) mass is 589 g/mol. The third-order valence-corrected chi connectivity index (χ3v) is 8.23. The van der Waals surface area contributed by atoms with Gasteiger partial charge in [0.15, 0.2) is 0 Å². The van der Waals surface area contributed by atoms with Crippen molar-refractivity contribution in [2.75, 3.05) is 10.8 Å². The average Bonchev–Trinajstić information content (AvgIpc) is 2.86. The number of nitrogens with one attached hydrogen (secondary N) is 1. The Hall–Kier alpha value is -3.07. The zero-order valence-corrected chi connectivity index (χ0v) is 24.9. The Labute approximate surface area is 240 Å². The van der Waals surface area contributed by atoms with E-state index in [4.69, 9.17) is 23.2 Å². The molecule has 3 aromatic rings. The van der Waals surface area contributed by atoms with Crippen LogP contribution in [0.15, 0.2) is 77.7 Å². The second-order valence-electron chi connectivity index (χ2n) is 10.4. The van der Waals surface area contributed by atoms with Crippen LogP contribution in [0.3, 0.4) is 0 Å². The van der Waals surface area contributed by atoms with E-state index in [-0.39, 0.29) is 17.3 Å². The Morgan fingerprint density at radius 1 is 0.872 bits per heavy atom. The molecule has 1 atom stereocenters. The van der Waals surface area contributed by atoms with Gasteiger partial charge in [-0.3, -0.25) is 13.9 Å². The molecule has 0 bridgehead atoms. The van der Waals surface area contributed by atoms with Crippen molar-refractivity contribution in [2.24, 2.45) is 0 Å². The van der Waals surface area contributed by atoms with Crippen LogP contribution in [0, 0.1) is 6.92 Å². The van der Waals surface area contributed by atoms with Crippen molar-refractivity contribution in [2.45, 2.75) is 57.6 Å². The largest absolute Gasteiger partial charge is 0.350 e. The molecule has 0 heterocycles. The van der Waals surface area contributed by atoms with E-state index in [9.17, 15) is 18.0 Å². The molecule has 39 heavy (non-hydrogen) atoms. The Morgan fingerprint density at radius 2 is 1.38 bits per heavy atom. The standard InChI is InChI=1S/C29H33Cl2N3O4S/c1-20-6-14-25(15-7-20)34(39(37,38)26-16-12-24(31)13-17-26)19-27(35)33(18-22-8-10-23(30)11-9-22)21(2)28(36)32-29(3,4)5/h6-17,21H,18-19H2,1-5H3,(H,32,36)/t21-/m0/s1. The zero-order valence-electron chi connectivity index (χ0n) is 22.6. The molecule has 0 aliphatic rings. The number of hydrogen-bond acceptors (Lipinski definition) is 4. The van der Waals surface area contributed by atoms with Gasteiger partial charge in [0.2, 0.25) is 11.8 Å². The summed E-state index contributed by atoms with van der Waals surface area (Å²) in [6.45, 7) is 8.61. The highest BCUT2D eigenvalue weighted by Crippen LogP contribution is 2.26. The fourth-order valence-electron chi connectivity index (χ4n) is 3.82. The summed E-state index contributed by atoms with van der Waals surface area (Å²) < 4.78 is 28.6. The molecule has 3 rings (SSSR count). The molecule has 0 aliphatic heterocycles. The molecule has 0 saturated carbocycles. The molecule has 2 amide bonds. The highest BCUT2D eigenvalue weighted by molar-refractivity contribution is 7.92. The van der Waals surface area contributed by atoms with Gasteiger partial charge in [-0.05, 0) is 88.7 Å². The third-order valence-electron chi connectivity index (χ3n) is 5.93. The molecule has 0 spiro atoms. The maximum atomic E-state index is 13.9. The molecule has 208 valence electrons. The first kappa shape index (κ1) is 30.5.